The highest BCUT2D eigenvalue weighted by Gasteiger charge is 2.32. The average Bonchev–Trinajstić information content (AvgIpc) is 2.92. The van der Waals surface area contributed by atoms with Gasteiger partial charge in [-0.15, -0.1) is 0 Å². The summed E-state index contributed by atoms with van der Waals surface area (Å²) in [4.78, 5) is 0. The summed E-state index contributed by atoms with van der Waals surface area (Å²) in [5.41, 5.74) is 1.10. The molecule has 0 aromatic heterocycles. The molecule has 0 spiro atoms. The van der Waals surface area contributed by atoms with Crippen molar-refractivity contribution in [2.24, 2.45) is 23.7 Å². The number of hydrogen-bond donors (Lipinski definition) is 0. The van der Waals surface area contributed by atoms with Gasteiger partial charge in [-0.2, -0.15) is 0 Å². The van der Waals surface area contributed by atoms with Crippen LogP contribution in [-0.2, 0) is 11.2 Å². The number of ether oxygens (including phenoxy) is 1. The van der Waals surface area contributed by atoms with Gasteiger partial charge in [0.05, 0.1) is 6.10 Å². The maximum atomic E-state index is 14.7. The topological polar surface area (TPSA) is 9.23 Å². The summed E-state index contributed by atoms with van der Waals surface area (Å²) in [6.07, 6.45) is 22.6. The SMILES string of the molecule is CCCCCC1CCC(C2CCC(COC3CCC(c4ccc(CCC)c(F)c4F)CC3)CC2)CC1. The minimum absolute atomic E-state index is 0.132. The van der Waals surface area contributed by atoms with Gasteiger partial charge in [0.25, 0.3) is 0 Å². The molecule has 0 unspecified atom stereocenters. The molecule has 0 saturated heterocycles. The first-order valence-electron chi connectivity index (χ1n) is 15.7. The van der Waals surface area contributed by atoms with Gasteiger partial charge in [-0.1, -0.05) is 70.9 Å². The van der Waals surface area contributed by atoms with Gasteiger partial charge in [-0.25, -0.2) is 8.78 Å². The first kappa shape index (κ1) is 28.1. The van der Waals surface area contributed by atoms with Gasteiger partial charge in [0.1, 0.15) is 0 Å². The Balaban J connectivity index is 1.12. The van der Waals surface area contributed by atoms with Crippen LogP contribution in [0.5, 0.6) is 0 Å². The standard InChI is InChI=1S/C33H52F2O/c1-3-5-6-8-24-9-13-26(14-10-24)27-15-11-25(12-16-27)23-36-30-20-17-28(18-21-30)31-22-19-29(7-4-2)32(34)33(31)35/h19,22,24-28,30H,3-18,20-21,23H2,1-2H3. The quantitative estimate of drug-likeness (QED) is 0.273. The van der Waals surface area contributed by atoms with E-state index < -0.39 is 11.6 Å². The fourth-order valence-electron chi connectivity index (χ4n) is 7.65. The van der Waals surface area contributed by atoms with E-state index in [2.05, 4.69) is 6.92 Å². The normalized spacial score (nSPS) is 31.4. The fraction of sp³-hybridized carbons (Fsp3) is 0.818. The highest BCUT2D eigenvalue weighted by Crippen LogP contribution is 2.43. The minimum atomic E-state index is -0.622. The Morgan fingerprint density at radius 1 is 0.694 bits per heavy atom. The molecule has 0 radical (unpaired) electrons. The number of halogens is 2. The summed E-state index contributed by atoms with van der Waals surface area (Å²) in [7, 11) is 0. The largest absolute Gasteiger partial charge is 0.378 e. The van der Waals surface area contributed by atoms with Crippen LogP contribution in [-0.4, -0.2) is 12.7 Å². The van der Waals surface area contributed by atoms with Crippen LogP contribution in [0.1, 0.15) is 140 Å². The highest BCUT2D eigenvalue weighted by atomic mass is 19.2. The molecule has 4 rings (SSSR count). The number of hydrogen-bond acceptors (Lipinski definition) is 1. The monoisotopic (exact) mass is 502 g/mol. The Morgan fingerprint density at radius 3 is 1.94 bits per heavy atom. The van der Waals surface area contributed by atoms with Gasteiger partial charge in [0.15, 0.2) is 11.6 Å². The van der Waals surface area contributed by atoms with E-state index in [0.717, 1.165) is 62.4 Å². The molecular weight excluding hydrogens is 450 g/mol. The Hall–Kier alpha value is -0.960. The van der Waals surface area contributed by atoms with Crippen molar-refractivity contribution in [1.82, 2.24) is 0 Å². The first-order valence-corrected chi connectivity index (χ1v) is 15.7. The third-order valence-electron chi connectivity index (χ3n) is 10.1. The van der Waals surface area contributed by atoms with E-state index in [0.29, 0.717) is 23.7 Å². The molecule has 0 atom stereocenters. The molecule has 0 heterocycles. The summed E-state index contributed by atoms with van der Waals surface area (Å²) >= 11 is 0. The van der Waals surface area contributed by atoms with E-state index in [1.165, 1.54) is 77.0 Å². The molecule has 0 aliphatic heterocycles. The van der Waals surface area contributed by atoms with Crippen LogP contribution in [0.3, 0.4) is 0 Å². The summed E-state index contributed by atoms with van der Waals surface area (Å²) in [6.45, 7) is 5.21. The third kappa shape index (κ3) is 7.55. The number of aryl methyl sites for hydroxylation is 1. The number of rotatable bonds is 11. The van der Waals surface area contributed by atoms with Crippen molar-refractivity contribution >= 4 is 0 Å². The molecular formula is C33H52F2O. The van der Waals surface area contributed by atoms with E-state index in [9.17, 15) is 8.78 Å². The van der Waals surface area contributed by atoms with Gasteiger partial charge >= 0.3 is 0 Å². The molecule has 1 aromatic rings. The lowest BCUT2D eigenvalue weighted by molar-refractivity contribution is -0.00791. The molecule has 1 nitrogen and oxygen atoms in total. The minimum Gasteiger partial charge on any atom is -0.378 e. The van der Waals surface area contributed by atoms with Gasteiger partial charge in [0, 0.05) is 6.61 Å². The van der Waals surface area contributed by atoms with E-state index in [1.807, 2.05) is 13.0 Å². The third-order valence-corrected chi connectivity index (χ3v) is 10.1. The molecule has 3 fully saturated rings. The van der Waals surface area contributed by atoms with Crippen LogP contribution in [0.4, 0.5) is 8.78 Å². The smallest absolute Gasteiger partial charge is 0.162 e. The zero-order valence-corrected chi connectivity index (χ0v) is 23.2. The van der Waals surface area contributed by atoms with Crippen LogP contribution in [0, 0.1) is 35.3 Å². The second kappa shape index (κ2) is 14.3. The van der Waals surface area contributed by atoms with E-state index in [4.69, 9.17) is 4.74 Å². The molecule has 1 aromatic carbocycles. The Kier molecular flexibility index (Phi) is 11.1. The van der Waals surface area contributed by atoms with Crippen molar-refractivity contribution in [1.29, 1.82) is 0 Å². The van der Waals surface area contributed by atoms with Crippen molar-refractivity contribution < 1.29 is 13.5 Å². The molecule has 0 bridgehead atoms. The molecule has 0 N–H and O–H groups in total. The van der Waals surface area contributed by atoms with E-state index >= 15 is 0 Å². The Morgan fingerprint density at radius 2 is 1.33 bits per heavy atom. The molecule has 204 valence electrons. The second-order valence-electron chi connectivity index (χ2n) is 12.6. The molecule has 3 aliphatic rings. The number of benzene rings is 1. The molecule has 0 amide bonds. The van der Waals surface area contributed by atoms with Gasteiger partial charge < -0.3 is 4.74 Å². The summed E-state index contributed by atoms with van der Waals surface area (Å²) in [6, 6.07) is 3.64. The van der Waals surface area contributed by atoms with Crippen molar-refractivity contribution in [2.45, 2.75) is 141 Å². The van der Waals surface area contributed by atoms with Crippen molar-refractivity contribution in [3.63, 3.8) is 0 Å². The molecule has 3 aliphatic carbocycles. The van der Waals surface area contributed by atoms with Crippen LogP contribution < -0.4 is 0 Å². The number of unbranched alkanes of at least 4 members (excludes halogenated alkanes) is 2. The Bertz CT molecular complexity index is 768. The van der Waals surface area contributed by atoms with Gasteiger partial charge in [0.2, 0.25) is 0 Å². The van der Waals surface area contributed by atoms with Crippen LogP contribution in [0.25, 0.3) is 0 Å². The lowest BCUT2D eigenvalue weighted by Gasteiger charge is -2.38. The Labute approximate surface area is 220 Å². The van der Waals surface area contributed by atoms with Crippen molar-refractivity contribution in [2.75, 3.05) is 6.61 Å². The van der Waals surface area contributed by atoms with Crippen LogP contribution >= 0.6 is 0 Å². The maximum Gasteiger partial charge on any atom is 0.162 e. The average molecular weight is 503 g/mol. The molecule has 36 heavy (non-hydrogen) atoms. The van der Waals surface area contributed by atoms with Gasteiger partial charge in [-0.05, 0) is 111 Å². The summed E-state index contributed by atoms with van der Waals surface area (Å²) in [5, 5.41) is 0. The first-order chi connectivity index (χ1) is 17.6. The lowest BCUT2D eigenvalue weighted by Crippen LogP contribution is -2.29. The zero-order chi connectivity index (χ0) is 25.3. The van der Waals surface area contributed by atoms with Crippen molar-refractivity contribution in [3.8, 4) is 0 Å². The molecule has 3 heteroatoms. The van der Waals surface area contributed by atoms with E-state index in [1.54, 1.807) is 6.07 Å². The maximum absolute atomic E-state index is 14.7. The summed E-state index contributed by atoms with van der Waals surface area (Å²) in [5.74, 6) is 2.60. The predicted molar refractivity (Wildman–Crippen MR) is 146 cm³/mol. The van der Waals surface area contributed by atoms with Crippen molar-refractivity contribution in [3.05, 3.63) is 34.9 Å². The predicted octanol–water partition coefficient (Wildman–Crippen LogP) is 10.2. The van der Waals surface area contributed by atoms with Crippen LogP contribution in [0.2, 0.25) is 0 Å². The second-order valence-corrected chi connectivity index (χ2v) is 12.6. The lowest BCUT2D eigenvalue weighted by atomic mass is 9.69. The van der Waals surface area contributed by atoms with Gasteiger partial charge in [-0.3, -0.25) is 0 Å². The van der Waals surface area contributed by atoms with E-state index in [-0.39, 0.29) is 5.92 Å². The highest BCUT2D eigenvalue weighted by molar-refractivity contribution is 5.29. The summed E-state index contributed by atoms with van der Waals surface area (Å²) < 4.78 is 35.5. The van der Waals surface area contributed by atoms with Crippen LogP contribution in [0.15, 0.2) is 12.1 Å². The fourth-order valence-corrected chi connectivity index (χ4v) is 7.65. The molecule has 3 saturated carbocycles. The zero-order valence-electron chi connectivity index (χ0n) is 23.2.